The van der Waals surface area contributed by atoms with Crippen LogP contribution in [0.1, 0.15) is 16.8 Å². The van der Waals surface area contributed by atoms with Gasteiger partial charge in [0.05, 0.1) is 6.20 Å². The lowest BCUT2D eigenvalue weighted by atomic mass is 9.89. The van der Waals surface area contributed by atoms with E-state index in [2.05, 4.69) is 14.9 Å². The number of anilines is 1. The SMILES string of the molecule is O=C(c1ccc(O)cc1)N1C[C@H]2CCN(c3cnccn3)C[C@H]2C1. The van der Waals surface area contributed by atoms with Gasteiger partial charge in [-0.1, -0.05) is 0 Å². The number of phenolic OH excluding ortho intramolecular Hbond substituents is 1. The Balaban J connectivity index is 1.44. The smallest absolute Gasteiger partial charge is 0.253 e. The molecule has 1 amide bonds. The van der Waals surface area contributed by atoms with Crippen molar-refractivity contribution in [3.63, 3.8) is 0 Å². The highest BCUT2D eigenvalue weighted by Crippen LogP contribution is 2.33. The summed E-state index contributed by atoms with van der Waals surface area (Å²) in [6.07, 6.45) is 6.27. The number of carbonyl (C=O) groups is 1. The van der Waals surface area contributed by atoms with Crippen molar-refractivity contribution in [3.05, 3.63) is 48.4 Å². The zero-order valence-electron chi connectivity index (χ0n) is 13.4. The molecular formula is C18H20N4O2. The highest BCUT2D eigenvalue weighted by atomic mass is 16.3. The van der Waals surface area contributed by atoms with Crippen molar-refractivity contribution in [3.8, 4) is 5.75 Å². The maximum absolute atomic E-state index is 12.7. The van der Waals surface area contributed by atoms with Crippen molar-refractivity contribution < 1.29 is 9.90 Å². The Bertz CT molecular complexity index is 720. The molecule has 24 heavy (non-hydrogen) atoms. The molecule has 124 valence electrons. The Hall–Kier alpha value is -2.63. The number of piperidine rings is 1. The highest BCUT2D eigenvalue weighted by Gasteiger charge is 2.39. The fourth-order valence-electron chi connectivity index (χ4n) is 3.78. The van der Waals surface area contributed by atoms with Crippen LogP contribution in [0.25, 0.3) is 0 Å². The number of fused-ring (bicyclic) bond motifs is 1. The van der Waals surface area contributed by atoms with Crippen LogP contribution in [-0.4, -0.2) is 52.1 Å². The van der Waals surface area contributed by atoms with Crippen molar-refractivity contribution in [2.75, 3.05) is 31.1 Å². The van der Waals surface area contributed by atoms with E-state index in [0.29, 0.717) is 17.4 Å². The van der Waals surface area contributed by atoms with Gasteiger partial charge in [-0.25, -0.2) is 4.98 Å². The van der Waals surface area contributed by atoms with E-state index < -0.39 is 0 Å². The number of nitrogens with zero attached hydrogens (tertiary/aromatic N) is 4. The number of aromatic hydroxyl groups is 1. The first-order valence-corrected chi connectivity index (χ1v) is 8.30. The van der Waals surface area contributed by atoms with Crippen LogP contribution in [0.5, 0.6) is 5.75 Å². The first-order valence-electron chi connectivity index (χ1n) is 8.30. The normalized spacial score (nSPS) is 23.2. The Labute approximate surface area is 140 Å². The minimum atomic E-state index is 0.0513. The van der Waals surface area contributed by atoms with Crippen molar-refractivity contribution in [1.82, 2.24) is 14.9 Å². The fourth-order valence-corrected chi connectivity index (χ4v) is 3.78. The molecule has 0 aliphatic carbocycles. The molecule has 0 radical (unpaired) electrons. The summed E-state index contributed by atoms with van der Waals surface area (Å²) in [7, 11) is 0. The Kier molecular flexibility index (Phi) is 3.80. The molecule has 2 atom stereocenters. The van der Waals surface area contributed by atoms with Gasteiger partial charge >= 0.3 is 0 Å². The van der Waals surface area contributed by atoms with Gasteiger partial charge in [-0.2, -0.15) is 0 Å². The predicted octanol–water partition coefficient (Wildman–Crippen LogP) is 1.78. The number of aromatic nitrogens is 2. The molecule has 1 N–H and O–H groups in total. The Morgan fingerprint density at radius 1 is 1.08 bits per heavy atom. The largest absolute Gasteiger partial charge is 0.508 e. The van der Waals surface area contributed by atoms with E-state index in [4.69, 9.17) is 0 Å². The third-order valence-corrected chi connectivity index (χ3v) is 5.08. The average Bonchev–Trinajstić information content (AvgIpc) is 3.06. The number of hydrogen-bond acceptors (Lipinski definition) is 5. The van der Waals surface area contributed by atoms with E-state index in [0.717, 1.165) is 38.4 Å². The van der Waals surface area contributed by atoms with Crippen LogP contribution >= 0.6 is 0 Å². The number of rotatable bonds is 2. The van der Waals surface area contributed by atoms with Gasteiger partial charge in [-0.3, -0.25) is 9.78 Å². The number of hydrogen-bond donors (Lipinski definition) is 1. The van der Waals surface area contributed by atoms with Gasteiger partial charge in [-0.05, 0) is 42.5 Å². The molecule has 2 aliphatic rings. The van der Waals surface area contributed by atoms with E-state index in [1.165, 1.54) is 0 Å². The molecule has 0 saturated carbocycles. The molecule has 0 spiro atoms. The van der Waals surface area contributed by atoms with Gasteiger partial charge in [0, 0.05) is 44.1 Å². The maximum Gasteiger partial charge on any atom is 0.253 e. The van der Waals surface area contributed by atoms with E-state index >= 15 is 0 Å². The van der Waals surface area contributed by atoms with Gasteiger partial charge in [0.25, 0.3) is 5.91 Å². The van der Waals surface area contributed by atoms with Crippen molar-refractivity contribution in [2.24, 2.45) is 11.8 Å². The molecule has 6 nitrogen and oxygen atoms in total. The van der Waals surface area contributed by atoms with E-state index in [1.807, 2.05) is 4.90 Å². The highest BCUT2D eigenvalue weighted by molar-refractivity contribution is 5.94. The Morgan fingerprint density at radius 3 is 2.62 bits per heavy atom. The number of benzene rings is 1. The molecule has 2 saturated heterocycles. The van der Waals surface area contributed by atoms with Gasteiger partial charge in [-0.15, -0.1) is 0 Å². The van der Waals surface area contributed by atoms with Crippen LogP contribution in [0.2, 0.25) is 0 Å². The second-order valence-corrected chi connectivity index (χ2v) is 6.58. The first-order chi connectivity index (χ1) is 11.7. The quantitative estimate of drug-likeness (QED) is 0.912. The summed E-state index contributed by atoms with van der Waals surface area (Å²) in [6.45, 7) is 3.48. The molecule has 0 unspecified atom stereocenters. The first kappa shape index (κ1) is 14.9. The molecule has 1 aromatic heterocycles. The number of likely N-dealkylation sites (tertiary alicyclic amines) is 1. The lowest BCUT2D eigenvalue weighted by Crippen LogP contribution is -2.40. The summed E-state index contributed by atoms with van der Waals surface area (Å²) in [5.74, 6) is 2.18. The summed E-state index contributed by atoms with van der Waals surface area (Å²) < 4.78 is 0. The standard InChI is InChI=1S/C18H20N4O2/c23-16-3-1-13(2-4-16)18(24)22-10-14-5-8-21(11-15(14)12-22)17-9-19-6-7-20-17/h1-4,6-7,9,14-15,23H,5,8,10-12H2/t14-,15+/m1/s1. The molecule has 6 heteroatoms. The second kappa shape index (κ2) is 6.11. The van der Waals surface area contributed by atoms with Crippen LogP contribution in [0.4, 0.5) is 5.82 Å². The minimum absolute atomic E-state index is 0.0513. The summed E-state index contributed by atoms with van der Waals surface area (Å²) in [4.78, 5) is 25.4. The third-order valence-electron chi connectivity index (χ3n) is 5.08. The molecule has 0 bridgehead atoms. The topological polar surface area (TPSA) is 69.6 Å². The molecule has 2 aliphatic heterocycles. The van der Waals surface area contributed by atoms with Gasteiger partial charge in [0.2, 0.25) is 0 Å². The summed E-state index contributed by atoms with van der Waals surface area (Å²) >= 11 is 0. The number of carbonyl (C=O) groups excluding carboxylic acids is 1. The second-order valence-electron chi connectivity index (χ2n) is 6.58. The van der Waals surface area contributed by atoms with Crippen LogP contribution in [0.3, 0.4) is 0 Å². The van der Waals surface area contributed by atoms with Crippen molar-refractivity contribution >= 4 is 11.7 Å². The van der Waals surface area contributed by atoms with Gasteiger partial charge < -0.3 is 14.9 Å². The average molecular weight is 324 g/mol. The van der Waals surface area contributed by atoms with E-state index in [1.54, 1.807) is 42.9 Å². The molecule has 2 fully saturated rings. The fraction of sp³-hybridized carbons (Fsp3) is 0.389. The van der Waals surface area contributed by atoms with Gasteiger partial charge in [0.1, 0.15) is 11.6 Å². The van der Waals surface area contributed by atoms with E-state index in [9.17, 15) is 9.90 Å². The number of amides is 1. The van der Waals surface area contributed by atoms with Crippen LogP contribution in [0, 0.1) is 11.8 Å². The molecule has 1 aromatic carbocycles. The van der Waals surface area contributed by atoms with Gasteiger partial charge in [0.15, 0.2) is 0 Å². The summed E-state index contributed by atoms with van der Waals surface area (Å²) in [5.41, 5.74) is 0.636. The lowest BCUT2D eigenvalue weighted by molar-refractivity contribution is 0.0784. The summed E-state index contributed by atoms with van der Waals surface area (Å²) in [6, 6.07) is 6.50. The molecule has 3 heterocycles. The van der Waals surface area contributed by atoms with Crippen LogP contribution < -0.4 is 4.90 Å². The van der Waals surface area contributed by atoms with Crippen molar-refractivity contribution in [2.45, 2.75) is 6.42 Å². The monoisotopic (exact) mass is 324 g/mol. The Morgan fingerprint density at radius 2 is 1.88 bits per heavy atom. The third kappa shape index (κ3) is 2.79. The maximum atomic E-state index is 12.7. The number of phenols is 1. The summed E-state index contributed by atoms with van der Waals surface area (Å²) in [5, 5.41) is 9.37. The van der Waals surface area contributed by atoms with E-state index in [-0.39, 0.29) is 11.7 Å². The van der Waals surface area contributed by atoms with Crippen LogP contribution in [0.15, 0.2) is 42.9 Å². The molecular weight excluding hydrogens is 304 g/mol. The zero-order chi connectivity index (χ0) is 16.5. The van der Waals surface area contributed by atoms with Crippen molar-refractivity contribution in [1.29, 1.82) is 0 Å². The predicted molar refractivity (Wildman–Crippen MR) is 89.9 cm³/mol. The molecule has 4 rings (SSSR count). The van der Waals surface area contributed by atoms with Crippen LogP contribution in [-0.2, 0) is 0 Å². The lowest BCUT2D eigenvalue weighted by Gasteiger charge is -2.34. The molecule has 2 aromatic rings. The minimum Gasteiger partial charge on any atom is -0.508 e. The zero-order valence-corrected chi connectivity index (χ0v) is 13.4.